The lowest BCUT2D eigenvalue weighted by Crippen LogP contribution is -2.18. The summed E-state index contributed by atoms with van der Waals surface area (Å²) >= 11 is 8.43. The molecule has 0 unspecified atom stereocenters. The van der Waals surface area contributed by atoms with E-state index in [1.165, 1.54) is 0 Å². The van der Waals surface area contributed by atoms with Gasteiger partial charge in [0.2, 0.25) is 0 Å². The molecule has 0 spiro atoms. The molecule has 1 aromatic heterocycles. The van der Waals surface area contributed by atoms with Crippen molar-refractivity contribution < 1.29 is 17.9 Å². The summed E-state index contributed by atoms with van der Waals surface area (Å²) in [5.74, 6) is 0.730. The molecule has 0 aliphatic carbocycles. The molecule has 0 aromatic carbocycles. The first-order valence-electron chi connectivity index (χ1n) is 5.64. The fourth-order valence-corrected chi connectivity index (χ4v) is 2.26. The van der Waals surface area contributed by atoms with Gasteiger partial charge in [0.1, 0.15) is 17.1 Å². The minimum atomic E-state index is -4.30. The van der Waals surface area contributed by atoms with E-state index in [1.54, 1.807) is 0 Å². The van der Waals surface area contributed by atoms with Gasteiger partial charge in [0, 0.05) is 12.1 Å². The van der Waals surface area contributed by atoms with E-state index in [4.69, 9.17) is 12.2 Å². The van der Waals surface area contributed by atoms with Crippen molar-refractivity contribution in [2.45, 2.75) is 32.4 Å². The van der Waals surface area contributed by atoms with Gasteiger partial charge in [0.15, 0.2) is 0 Å². The maximum atomic E-state index is 11.9. The SMILES string of the molecule is CC(C)c1[nH]c(CCOCC(F)(F)F)nc(=S)c1Br. The van der Waals surface area contributed by atoms with E-state index >= 15 is 0 Å². The number of hydrogen-bond acceptors (Lipinski definition) is 3. The topological polar surface area (TPSA) is 37.9 Å². The Morgan fingerprint density at radius 2 is 2.05 bits per heavy atom. The molecule has 0 amide bonds. The molecule has 1 N–H and O–H groups in total. The van der Waals surface area contributed by atoms with Crippen molar-refractivity contribution in [3.8, 4) is 0 Å². The Labute approximate surface area is 122 Å². The Balaban J connectivity index is 2.67. The van der Waals surface area contributed by atoms with Crippen molar-refractivity contribution in [3.05, 3.63) is 20.6 Å². The minimum Gasteiger partial charge on any atom is -0.372 e. The van der Waals surface area contributed by atoms with Crippen LogP contribution in [0.2, 0.25) is 0 Å². The summed E-state index contributed by atoms with van der Waals surface area (Å²) in [5.41, 5.74) is 0.880. The van der Waals surface area contributed by atoms with Crippen molar-refractivity contribution in [1.82, 2.24) is 9.97 Å². The molecule has 108 valence electrons. The summed E-state index contributed by atoms with van der Waals surface area (Å²) in [6.07, 6.45) is -4.05. The van der Waals surface area contributed by atoms with Crippen LogP contribution in [0.25, 0.3) is 0 Å². The zero-order chi connectivity index (χ0) is 14.6. The van der Waals surface area contributed by atoms with Crippen LogP contribution in [0.3, 0.4) is 0 Å². The maximum absolute atomic E-state index is 11.9. The first-order chi connectivity index (χ1) is 8.70. The van der Waals surface area contributed by atoms with E-state index < -0.39 is 12.8 Å². The molecule has 19 heavy (non-hydrogen) atoms. The highest BCUT2D eigenvalue weighted by molar-refractivity contribution is 9.10. The lowest BCUT2D eigenvalue weighted by molar-refractivity contribution is -0.173. The highest BCUT2D eigenvalue weighted by atomic mass is 79.9. The molecular weight excluding hydrogens is 345 g/mol. The summed E-state index contributed by atoms with van der Waals surface area (Å²) in [6, 6.07) is 0. The van der Waals surface area contributed by atoms with E-state index in [9.17, 15) is 13.2 Å². The van der Waals surface area contributed by atoms with Crippen molar-refractivity contribution in [3.63, 3.8) is 0 Å². The standard InChI is InChI=1S/C11H14BrF3N2OS/c1-6(2)9-8(12)10(19)17-7(16-9)3-4-18-5-11(13,14)15/h6H,3-5H2,1-2H3,(H,16,17,19). The van der Waals surface area contributed by atoms with Crippen LogP contribution in [0.1, 0.15) is 31.3 Å². The molecule has 3 nitrogen and oxygen atoms in total. The third kappa shape index (κ3) is 5.58. The number of rotatable bonds is 5. The van der Waals surface area contributed by atoms with Crippen LogP contribution >= 0.6 is 28.1 Å². The second kappa shape index (κ2) is 6.81. The first kappa shape index (κ1) is 16.6. The fourth-order valence-electron chi connectivity index (χ4n) is 1.40. The van der Waals surface area contributed by atoms with E-state index in [1.807, 2.05) is 13.8 Å². The Morgan fingerprint density at radius 1 is 1.42 bits per heavy atom. The molecule has 0 saturated carbocycles. The zero-order valence-corrected chi connectivity index (χ0v) is 12.9. The Hall–Kier alpha value is -0.470. The van der Waals surface area contributed by atoms with Crippen LogP contribution in [0.15, 0.2) is 4.47 Å². The van der Waals surface area contributed by atoms with Gasteiger partial charge in [0.25, 0.3) is 0 Å². The molecule has 8 heteroatoms. The normalized spacial score (nSPS) is 12.2. The van der Waals surface area contributed by atoms with Crippen LogP contribution in [-0.4, -0.2) is 29.4 Å². The molecule has 0 bridgehead atoms. The average Bonchev–Trinajstić information content (AvgIpc) is 2.27. The number of alkyl halides is 3. The second-order valence-electron chi connectivity index (χ2n) is 4.29. The largest absolute Gasteiger partial charge is 0.411 e. The summed E-state index contributed by atoms with van der Waals surface area (Å²) in [7, 11) is 0. The van der Waals surface area contributed by atoms with Gasteiger partial charge in [-0.05, 0) is 21.8 Å². The van der Waals surface area contributed by atoms with Gasteiger partial charge in [-0.15, -0.1) is 0 Å². The monoisotopic (exact) mass is 358 g/mol. The second-order valence-corrected chi connectivity index (χ2v) is 5.47. The molecule has 0 saturated heterocycles. The quantitative estimate of drug-likeness (QED) is 0.634. The molecule has 0 atom stereocenters. The Kier molecular flexibility index (Phi) is 5.94. The molecule has 1 aromatic rings. The van der Waals surface area contributed by atoms with Gasteiger partial charge in [-0.3, -0.25) is 0 Å². The van der Waals surface area contributed by atoms with Crippen LogP contribution in [0.4, 0.5) is 13.2 Å². The van der Waals surface area contributed by atoms with E-state index in [2.05, 4.69) is 30.6 Å². The highest BCUT2D eigenvalue weighted by Crippen LogP contribution is 2.23. The number of hydrogen-bond donors (Lipinski definition) is 1. The lowest BCUT2D eigenvalue weighted by atomic mass is 10.1. The molecule has 1 rings (SSSR count). The third-order valence-corrected chi connectivity index (χ3v) is 3.63. The van der Waals surface area contributed by atoms with Crippen LogP contribution in [0, 0.1) is 4.64 Å². The first-order valence-corrected chi connectivity index (χ1v) is 6.84. The number of nitrogens with one attached hydrogen (secondary N) is 1. The number of aromatic nitrogens is 2. The molecule has 0 fully saturated rings. The van der Waals surface area contributed by atoms with Gasteiger partial charge < -0.3 is 9.72 Å². The lowest BCUT2D eigenvalue weighted by Gasteiger charge is -2.12. The van der Waals surface area contributed by atoms with Gasteiger partial charge in [0.05, 0.1) is 11.1 Å². The summed E-state index contributed by atoms with van der Waals surface area (Å²) < 4.78 is 41.3. The predicted molar refractivity (Wildman–Crippen MR) is 71.8 cm³/mol. The summed E-state index contributed by atoms with van der Waals surface area (Å²) in [5, 5.41) is 0. The van der Waals surface area contributed by atoms with E-state index in [0.717, 1.165) is 10.2 Å². The molecule has 0 aliphatic heterocycles. The average molecular weight is 359 g/mol. The summed E-state index contributed by atoms with van der Waals surface area (Å²) in [6.45, 7) is 2.66. The maximum Gasteiger partial charge on any atom is 0.411 e. The van der Waals surface area contributed by atoms with Crippen molar-refractivity contribution in [2.75, 3.05) is 13.2 Å². The number of nitrogens with zero attached hydrogens (tertiary/aromatic N) is 1. The third-order valence-electron chi connectivity index (χ3n) is 2.27. The summed E-state index contributed by atoms with van der Waals surface area (Å²) in [4.78, 5) is 7.17. The van der Waals surface area contributed by atoms with E-state index in [0.29, 0.717) is 10.5 Å². The van der Waals surface area contributed by atoms with Gasteiger partial charge in [-0.2, -0.15) is 13.2 Å². The van der Waals surface area contributed by atoms with Crippen LogP contribution in [0.5, 0.6) is 0 Å². The Morgan fingerprint density at radius 3 is 2.58 bits per heavy atom. The molecule has 0 radical (unpaired) electrons. The van der Waals surface area contributed by atoms with Gasteiger partial charge in [-0.1, -0.05) is 26.1 Å². The highest BCUT2D eigenvalue weighted by Gasteiger charge is 2.27. The minimum absolute atomic E-state index is 0.0586. The smallest absolute Gasteiger partial charge is 0.372 e. The van der Waals surface area contributed by atoms with Gasteiger partial charge >= 0.3 is 6.18 Å². The number of aromatic amines is 1. The van der Waals surface area contributed by atoms with Crippen LogP contribution < -0.4 is 0 Å². The zero-order valence-electron chi connectivity index (χ0n) is 10.5. The fraction of sp³-hybridized carbons (Fsp3) is 0.636. The van der Waals surface area contributed by atoms with Gasteiger partial charge in [-0.25, -0.2) is 4.98 Å². The number of H-pyrrole nitrogens is 1. The number of ether oxygens (including phenoxy) is 1. The van der Waals surface area contributed by atoms with Crippen molar-refractivity contribution in [1.29, 1.82) is 0 Å². The Bertz CT molecular complexity index is 488. The van der Waals surface area contributed by atoms with Crippen LogP contribution in [-0.2, 0) is 11.2 Å². The molecular formula is C11H14BrF3N2OS. The van der Waals surface area contributed by atoms with Crippen molar-refractivity contribution >= 4 is 28.1 Å². The number of halogens is 4. The molecule has 0 aliphatic rings. The van der Waals surface area contributed by atoms with E-state index in [-0.39, 0.29) is 18.9 Å². The predicted octanol–water partition coefficient (Wildman–Crippen LogP) is 4.15. The molecule has 1 heterocycles. The van der Waals surface area contributed by atoms with Crippen molar-refractivity contribution in [2.24, 2.45) is 0 Å².